The Morgan fingerprint density at radius 2 is 1.55 bits per heavy atom. The number of anilines is 3. The smallest absolute Gasteiger partial charge is 0.229 e. The Kier molecular flexibility index (Phi) is 4.62. The van der Waals surface area contributed by atoms with Gasteiger partial charge in [-0.15, -0.1) is 0 Å². The summed E-state index contributed by atoms with van der Waals surface area (Å²) < 4.78 is 0. The van der Waals surface area contributed by atoms with Gasteiger partial charge in [0.25, 0.3) is 0 Å². The van der Waals surface area contributed by atoms with Gasteiger partial charge in [0.15, 0.2) is 0 Å². The van der Waals surface area contributed by atoms with Gasteiger partial charge < -0.3 is 10.6 Å². The third kappa shape index (κ3) is 4.06. The van der Waals surface area contributed by atoms with E-state index >= 15 is 0 Å². The molecule has 0 radical (unpaired) electrons. The molecule has 1 aromatic heterocycles. The standard InChI is InChI=1S/C18H18N4/c1-3-7-15(8-4-1)11-13-19-17-12-14-20-18(22-17)21-16-9-5-2-6-10-16/h1-10,12,14H,11,13H2,(H2,19,20,21,22). The van der Waals surface area contributed by atoms with E-state index in [0.717, 1.165) is 24.5 Å². The zero-order valence-corrected chi connectivity index (χ0v) is 12.2. The molecule has 4 nitrogen and oxygen atoms in total. The van der Waals surface area contributed by atoms with Crippen LogP contribution in [0.2, 0.25) is 0 Å². The molecular weight excluding hydrogens is 272 g/mol. The van der Waals surface area contributed by atoms with Gasteiger partial charge >= 0.3 is 0 Å². The molecule has 2 aromatic carbocycles. The van der Waals surface area contributed by atoms with Gasteiger partial charge in [0.1, 0.15) is 5.82 Å². The van der Waals surface area contributed by atoms with Crippen LogP contribution in [0.1, 0.15) is 5.56 Å². The number of para-hydroxylation sites is 1. The second-order valence-electron chi connectivity index (χ2n) is 4.92. The van der Waals surface area contributed by atoms with Crippen molar-refractivity contribution in [1.29, 1.82) is 0 Å². The van der Waals surface area contributed by atoms with Gasteiger partial charge in [-0.1, -0.05) is 48.5 Å². The Morgan fingerprint density at radius 1 is 0.818 bits per heavy atom. The highest BCUT2D eigenvalue weighted by molar-refractivity contribution is 5.54. The van der Waals surface area contributed by atoms with Gasteiger partial charge in [0, 0.05) is 18.4 Å². The zero-order chi connectivity index (χ0) is 15.0. The molecule has 110 valence electrons. The molecule has 4 heteroatoms. The van der Waals surface area contributed by atoms with Gasteiger partial charge in [-0.25, -0.2) is 4.98 Å². The van der Waals surface area contributed by atoms with E-state index in [9.17, 15) is 0 Å². The van der Waals surface area contributed by atoms with Crippen molar-refractivity contribution in [3.05, 3.63) is 78.5 Å². The number of hydrogen-bond acceptors (Lipinski definition) is 4. The number of benzene rings is 2. The second kappa shape index (κ2) is 7.22. The summed E-state index contributed by atoms with van der Waals surface area (Å²) in [4.78, 5) is 8.70. The fourth-order valence-electron chi connectivity index (χ4n) is 2.15. The van der Waals surface area contributed by atoms with E-state index in [4.69, 9.17) is 0 Å². The first kappa shape index (κ1) is 14.1. The topological polar surface area (TPSA) is 49.8 Å². The van der Waals surface area contributed by atoms with Crippen molar-refractivity contribution in [2.45, 2.75) is 6.42 Å². The molecule has 0 atom stereocenters. The monoisotopic (exact) mass is 290 g/mol. The van der Waals surface area contributed by atoms with E-state index in [0.29, 0.717) is 5.95 Å². The quantitative estimate of drug-likeness (QED) is 0.723. The molecule has 0 saturated heterocycles. The second-order valence-corrected chi connectivity index (χ2v) is 4.92. The molecule has 0 fully saturated rings. The van der Waals surface area contributed by atoms with Crippen LogP contribution in [0.4, 0.5) is 17.5 Å². The molecule has 0 aliphatic rings. The molecule has 0 aliphatic carbocycles. The van der Waals surface area contributed by atoms with Crippen LogP contribution < -0.4 is 10.6 Å². The molecule has 1 heterocycles. The summed E-state index contributed by atoms with van der Waals surface area (Å²) in [6.07, 6.45) is 2.72. The zero-order valence-electron chi connectivity index (χ0n) is 12.2. The predicted molar refractivity (Wildman–Crippen MR) is 90.4 cm³/mol. The largest absolute Gasteiger partial charge is 0.370 e. The van der Waals surface area contributed by atoms with E-state index in [2.05, 4.69) is 44.9 Å². The average Bonchev–Trinajstić information content (AvgIpc) is 2.57. The molecule has 22 heavy (non-hydrogen) atoms. The SMILES string of the molecule is c1ccc(CCNc2ccnc(Nc3ccccc3)n2)cc1. The number of nitrogens with one attached hydrogen (secondary N) is 2. The fraction of sp³-hybridized carbons (Fsp3) is 0.111. The summed E-state index contributed by atoms with van der Waals surface area (Å²) in [5.74, 6) is 1.42. The van der Waals surface area contributed by atoms with E-state index in [-0.39, 0.29) is 0 Å². The van der Waals surface area contributed by atoms with E-state index in [1.54, 1.807) is 6.20 Å². The van der Waals surface area contributed by atoms with Gasteiger partial charge in [0.2, 0.25) is 5.95 Å². The highest BCUT2D eigenvalue weighted by Gasteiger charge is 2.00. The first-order valence-electron chi connectivity index (χ1n) is 7.33. The van der Waals surface area contributed by atoms with Crippen LogP contribution >= 0.6 is 0 Å². The van der Waals surface area contributed by atoms with Crippen molar-refractivity contribution in [3.63, 3.8) is 0 Å². The first-order valence-corrected chi connectivity index (χ1v) is 7.33. The Bertz CT molecular complexity index is 699. The molecular formula is C18H18N4. The van der Waals surface area contributed by atoms with Crippen LogP contribution in [0.15, 0.2) is 72.9 Å². The number of aromatic nitrogens is 2. The van der Waals surface area contributed by atoms with Crippen LogP contribution in [-0.2, 0) is 6.42 Å². The van der Waals surface area contributed by atoms with Crippen LogP contribution in [-0.4, -0.2) is 16.5 Å². The lowest BCUT2D eigenvalue weighted by molar-refractivity contribution is 1.00. The van der Waals surface area contributed by atoms with E-state index in [1.165, 1.54) is 5.56 Å². The highest BCUT2D eigenvalue weighted by Crippen LogP contribution is 2.13. The third-order valence-corrected chi connectivity index (χ3v) is 3.25. The van der Waals surface area contributed by atoms with E-state index in [1.807, 2.05) is 42.5 Å². The normalized spacial score (nSPS) is 10.2. The molecule has 0 unspecified atom stereocenters. The number of hydrogen-bond donors (Lipinski definition) is 2. The lowest BCUT2D eigenvalue weighted by Gasteiger charge is -2.08. The summed E-state index contributed by atoms with van der Waals surface area (Å²) in [5, 5.41) is 6.52. The van der Waals surface area contributed by atoms with Gasteiger partial charge in [0.05, 0.1) is 0 Å². The highest BCUT2D eigenvalue weighted by atomic mass is 15.1. The lowest BCUT2D eigenvalue weighted by Crippen LogP contribution is -2.07. The molecule has 0 spiro atoms. The summed E-state index contributed by atoms with van der Waals surface area (Å²) in [7, 11) is 0. The predicted octanol–water partition coefficient (Wildman–Crippen LogP) is 3.87. The summed E-state index contributed by atoms with van der Waals surface area (Å²) in [5.41, 5.74) is 2.29. The summed E-state index contributed by atoms with van der Waals surface area (Å²) in [6.45, 7) is 0.839. The molecule has 0 aliphatic heterocycles. The summed E-state index contributed by atoms with van der Waals surface area (Å²) in [6, 6.07) is 22.2. The third-order valence-electron chi connectivity index (χ3n) is 3.25. The molecule has 2 N–H and O–H groups in total. The minimum Gasteiger partial charge on any atom is -0.370 e. The van der Waals surface area contributed by atoms with Crippen molar-refractivity contribution in [1.82, 2.24) is 9.97 Å². The lowest BCUT2D eigenvalue weighted by atomic mass is 10.1. The Labute approximate surface area is 130 Å². The minimum absolute atomic E-state index is 0.593. The molecule has 0 saturated carbocycles. The molecule has 0 bridgehead atoms. The average molecular weight is 290 g/mol. The van der Waals surface area contributed by atoms with Crippen molar-refractivity contribution < 1.29 is 0 Å². The van der Waals surface area contributed by atoms with Crippen molar-refractivity contribution in [2.24, 2.45) is 0 Å². The Balaban J connectivity index is 1.57. The Hall–Kier alpha value is -2.88. The van der Waals surface area contributed by atoms with Crippen LogP contribution in [0.5, 0.6) is 0 Å². The summed E-state index contributed by atoms with van der Waals surface area (Å²) >= 11 is 0. The minimum atomic E-state index is 0.593. The van der Waals surface area contributed by atoms with Crippen LogP contribution in [0.25, 0.3) is 0 Å². The number of rotatable bonds is 6. The van der Waals surface area contributed by atoms with E-state index < -0.39 is 0 Å². The molecule has 3 aromatic rings. The van der Waals surface area contributed by atoms with Crippen LogP contribution in [0, 0.1) is 0 Å². The molecule has 0 amide bonds. The van der Waals surface area contributed by atoms with Gasteiger partial charge in [-0.2, -0.15) is 4.98 Å². The van der Waals surface area contributed by atoms with Crippen molar-refractivity contribution in [3.8, 4) is 0 Å². The van der Waals surface area contributed by atoms with Crippen molar-refractivity contribution >= 4 is 17.5 Å². The van der Waals surface area contributed by atoms with Gasteiger partial charge in [-0.05, 0) is 30.2 Å². The number of nitrogens with zero attached hydrogens (tertiary/aromatic N) is 2. The fourth-order valence-corrected chi connectivity index (χ4v) is 2.15. The van der Waals surface area contributed by atoms with Crippen molar-refractivity contribution in [2.75, 3.05) is 17.2 Å². The maximum Gasteiger partial charge on any atom is 0.229 e. The van der Waals surface area contributed by atoms with Crippen LogP contribution in [0.3, 0.4) is 0 Å². The maximum atomic E-state index is 4.47. The maximum absolute atomic E-state index is 4.47. The first-order chi connectivity index (χ1) is 10.9. The Morgan fingerprint density at radius 3 is 2.32 bits per heavy atom. The molecule has 3 rings (SSSR count). The van der Waals surface area contributed by atoms with Gasteiger partial charge in [-0.3, -0.25) is 0 Å².